The maximum atomic E-state index is 7.27. The zero-order valence-electron chi connectivity index (χ0n) is 39.2. The molecule has 0 radical (unpaired) electrons. The molecule has 332 valence electrons. The maximum absolute atomic E-state index is 7.27. The Kier molecular flexibility index (Phi) is 10.8. The van der Waals surface area contributed by atoms with Crippen LogP contribution in [0, 0.1) is 26.7 Å². The third-order valence-electron chi connectivity index (χ3n) is 13.8. The molecule has 2 unspecified atom stereocenters. The van der Waals surface area contributed by atoms with E-state index in [0.717, 1.165) is 102 Å². The van der Waals surface area contributed by atoms with Gasteiger partial charge in [-0.05, 0) is 78.6 Å². The van der Waals surface area contributed by atoms with Crippen molar-refractivity contribution in [3.63, 3.8) is 0 Å². The average molecular weight is 885 g/mol. The Bertz CT molecular complexity index is 3430. The highest BCUT2D eigenvalue weighted by Crippen LogP contribution is 2.54. The van der Waals surface area contributed by atoms with Crippen molar-refractivity contribution < 1.29 is 4.74 Å². The standard InChI is InChI=1S/C61H52N6O/c1-37-19-7-11-27-45(37)57-62-55(63-58(66-57)46-28-12-8-20-38(46)2)43-25-15-23-41(35-43)49-31-17-33-51-53(49)68-54-50(32-18-34-52(54)61(51,5)6)42-24-16-26-44(36-42)56-64-59(47-29-13-9-21-39(47)3)67-60(65-56)48-30-14-10-22-40(48)4/h7-21,23-36,40,57H,22H2,1-6H3,(H,62,63,66). The Morgan fingerprint density at radius 3 is 1.75 bits per heavy atom. The van der Waals surface area contributed by atoms with Gasteiger partial charge in [-0.2, -0.15) is 0 Å². The Labute approximate surface area is 398 Å². The largest absolute Gasteiger partial charge is 0.455 e. The number of allylic oxidation sites excluding steroid dienone is 4. The van der Waals surface area contributed by atoms with Crippen LogP contribution in [0.3, 0.4) is 0 Å². The second kappa shape index (κ2) is 17.3. The van der Waals surface area contributed by atoms with E-state index < -0.39 is 0 Å². The molecule has 0 saturated heterocycles. The van der Waals surface area contributed by atoms with Crippen LogP contribution in [0.5, 0.6) is 11.5 Å². The summed E-state index contributed by atoms with van der Waals surface area (Å²) < 4.78 is 7.27. The van der Waals surface area contributed by atoms with Crippen molar-refractivity contribution in [1.82, 2.24) is 20.3 Å². The third kappa shape index (κ3) is 7.73. The fourth-order valence-corrected chi connectivity index (χ4v) is 9.86. The number of amidine groups is 2. The number of nitrogens with zero attached hydrogens (tertiary/aromatic N) is 5. The molecule has 1 aromatic heterocycles. The van der Waals surface area contributed by atoms with E-state index in [0.29, 0.717) is 23.3 Å². The zero-order chi connectivity index (χ0) is 46.5. The highest BCUT2D eigenvalue weighted by Gasteiger charge is 2.37. The van der Waals surface area contributed by atoms with E-state index in [4.69, 9.17) is 29.7 Å². The first-order chi connectivity index (χ1) is 33.1. The molecular weight excluding hydrogens is 833 g/mol. The Balaban J connectivity index is 0.991. The quantitative estimate of drug-likeness (QED) is 0.164. The van der Waals surface area contributed by atoms with Crippen molar-refractivity contribution in [1.29, 1.82) is 0 Å². The Morgan fingerprint density at radius 2 is 1.09 bits per heavy atom. The summed E-state index contributed by atoms with van der Waals surface area (Å²) in [6.07, 6.45) is 7.09. The molecule has 3 aliphatic rings. The highest BCUT2D eigenvalue weighted by atomic mass is 16.5. The van der Waals surface area contributed by atoms with Gasteiger partial charge in [0, 0.05) is 55.5 Å². The van der Waals surface area contributed by atoms with Crippen LogP contribution in [0.25, 0.3) is 50.6 Å². The van der Waals surface area contributed by atoms with Crippen molar-refractivity contribution in [2.75, 3.05) is 0 Å². The molecule has 1 N–H and O–H groups in total. The van der Waals surface area contributed by atoms with Crippen LogP contribution in [0.4, 0.5) is 0 Å². The van der Waals surface area contributed by atoms with Gasteiger partial charge in [0.1, 0.15) is 23.5 Å². The molecule has 68 heavy (non-hydrogen) atoms. The number of aliphatic imine (C=N–C) groups is 2. The third-order valence-corrected chi connectivity index (χ3v) is 13.8. The number of hydrogen-bond donors (Lipinski definition) is 1. The minimum Gasteiger partial charge on any atom is -0.455 e. The number of aryl methyl sites for hydroxylation is 3. The predicted molar refractivity (Wildman–Crippen MR) is 277 cm³/mol. The lowest BCUT2D eigenvalue weighted by molar-refractivity contribution is 0.421. The molecule has 7 nitrogen and oxygen atoms in total. The zero-order valence-corrected chi connectivity index (χ0v) is 39.2. The number of hydrogen-bond acceptors (Lipinski definition) is 7. The molecule has 0 spiro atoms. The van der Waals surface area contributed by atoms with Crippen LogP contribution >= 0.6 is 0 Å². The number of nitrogens with one attached hydrogen (secondary N) is 1. The number of rotatable bonds is 8. The van der Waals surface area contributed by atoms with Crippen LogP contribution in [0.1, 0.15) is 83.7 Å². The molecular formula is C61H52N6O. The molecule has 3 heterocycles. The number of benzene rings is 7. The summed E-state index contributed by atoms with van der Waals surface area (Å²) in [5.74, 6) is 5.47. The second-order valence-electron chi connectivity index (χ2n) is 18.7. The lowest BCUT2D eigenvalue weighted by Crippen LogP contribution is -2.34. The number of ether oxygens (including phenoxy) is 1. The van der Waals surface area contributed by atoms with Crippen LogP contribution < -0.4 is 10.1 Å². The monoisotopic (exact) mass is 884 g/mol. The molecule has 2 atom stereocenters. The highest BCUT2D eigenvalue weighted by molar-refractivity contribution is 6.13. The summed E-state index contributed by atoms with van der Waals surface area (Å²) in [6, 6.07) is 55.1. The normalized spacial score (nSPS) is 16.9. The molecule has 0 amide bonds. The molecule has 7 aromatic carbocycles. The summed E-state index contributed by atoms with van der Waals surface area (Å²) in [4.78, 5) is 25.9. The van der Waals surface area contributed by atoms with Gasteiger partial charge in [0.2, 0.25) is 0 Å². The van der Waals surface area contributed by atoms with Gasteiger partial charge in [-0.1, -0.05) is 185 Å². The number of aromatic nitrogens is 3. The fourth-order valence-electron chi connectivity index (χ4n) is 9.86. The molecule has 0 fully saturated rings. The first kappa shape index (κ1) is 42.6. The first-order valence-corrected chi connectivity index (χ1v) is 23.5. The molecule has 1 aliphatic carbocycles. The topological polar surface area (TPSA) is 84.7 Å². The lowest BCUT2D eigenvalue weighted by Gasteiger charge is -2.36. The van der Waals surface area contributed by atoms with Gasteiger partial charge in [0.05, 0.1) is 0 Å². The van der Waals surface area contributed by atoms with Gasteiger partial charge in [-0.25, -0.2) is 24.9 Å². The molecule has 7 heteroatoms. The second-order valence-corrected chi connectivity index (χ2v) is 18.7. The van der Waals surface area contributed by atoms with Gasteiger partial charge < -0.3 is 10.1 Å². The van der Waals surface area contributed by atoms with E-state index in [1.54, 1.807) is 0 Å². The minimum atomic E-state index is -0.374. The van der Waals surface area contributed by atoms with Gasteiger partial charge >= 0.3 is 0 Å². The number of fused-ring (bicyclic) bond motifs is 2. The van der Waals surface area contributed by atoms with Crippen molar-refractivity contribution in [3.05, 3.63) is 226 Å². The van der Waals surface area contributed by atoms with Crippen molar-refractivity contribution >= 4 is 17.2 Å². The lowest BCUT2D eigenvalue weighted by atomic mass is 9.74. The van der Waals surface area contributed by atoms with E-state index in [9.17, 15) is 0 Å². The predicted octanol–water partition coefficient (Wildman–Crippen LogP) is 14.4. The minimum absolute atomic E-state index is 0.290. The molecule has 2 aliphatic heterocycles. The van der Waals surface area contributed by atoms with Crippen LogP contribution in [0.2, 0.25) is 0 Å². The van der Waals surface area contributed by atoms with Crippen LogP contribution in [-0.2, 0) is 5.41 Å². The van der Waals surface area contributed by atoms with E-state index in [-0.39, 0.29) is 17.5 Å². The van der Waals surface area contributed by atoms with E-state index in [2.05, 4.69) is 211 Å². The van der Waals surface area contributed by atoms with Crippen LogP contribution in [-0.4, -0.2) is 26.6 Å². The maximum Gasteiger partial charge on any atom is 0.164 e. The van der Waals surface area contributed by atoms with Crippen LogP contribution in [0.15, 0.2) is 186 Å². The van der Waals surface area contributed by atoms with Gasteiger partial charge in [0.15, 0.2) is 23.3 Å². The smallest absolute Gasteiger partial charge is 0.164 e. The molecule has 0 saturated carbocycles. The van der Waals surface area contributed by atoms with Gasteiger partial charge in [0.25, 0.3) is 0 Å². The van der Waals surface area contributed by atoms with Crippen molar-refractivity contribution in [2.45, 2.75) is 59.5 Å². The van der Waals surface area contributed by atoms with Gasteiger partial charge in [-0.15, -0.1) is 0 Å². The number of para-hydroxylation sites is 2. The summed E-state index contributed by atoms with van der Waals surface area (Å²) in [5.41, 5.74) is 15.5. The van der Waals surface area contributed by atoms with E-state index in [1.807, 2.05) is 12.1 Å². The van der Waals surface area contributed by atoms with E-state index in [1.165, 1.54) is 5.56 Å². The van der Waals surface area contributed by atoms with Crippen molar-refractivity contribution in [2.24, 2.45) is 15.9 Å². The van der Waals surface area contributed by atoms with Gasteiger partial charge in [-0.3, -0.25) is 0 Å². The molecule has 11 rings (SSSR count). The van der Waals surface area contributed by atoms with Crippen molar-refractivity contribution in [3.8, 4) is 56.5 Å². The Morgan fingerprint density at radius 1 is 0.544 bits per heavy atom. The first-order valence-electron chi connectivity index (χ1n) is 23.5. The molecule has 0 bridgehead atoms. The average Bonchev–Trinajstić information content (AvgIpc) is 3.36. The Hall–Kier alpha value is -8.03. The SMILES string of the molecule is Cc1ccccc1C1=NC(c2cccc(-c3cccc4c3Oc3c(-c5cccc(-c6nc(C7=CC=CCC7C)nc(-c7ccccc7C)n6)c5)cccc3C4(C)C)c2)=NC(c2ccccc2C)N1. The summed E-state index contributed by atoms with van der Waals surface area (Å²) in [7, 11) is 0. The fraction of sp³-hybridized carbons (Fsp3) is 0.164. The summed E-state index contributed by atoms with van der Waals surface area (Å²) in [6.45, 7) is 13.2. The molecule has 8 aromatic rings. The summed E-state index contributed by atoms with van der Waals surface area (Å²) in [5, 5.41) is 3.66. The summed E-state index contributed by atoms with van der Waals surface area (Å²) >= 11 is 0. The van der Waals surface area contributed by atoms with E-state index >= 15 is 0 Å².